The van der Waals surface area contributed by atoms with Gasteiger partial charge in [0.2, 0.25) is 15.9 Å². The van der Waals surface area contributed by atoms with Gasteiger partial charge < -0.3 is 15.4 Å². The van der Waals surface area contributed by atoms with Gasteiger partial charge in [-0.25, -0.2) is 8.42 Å². The fourth-order valence-corrected chi connectivity index (χ4v) is 6.00. The normalized spacial score (nSPS) is 13.7. The smallest absolute Gasteiger partial charge is 0.251 e. The van der Waals surface area contributed by atoms with Gasteiger partial charge in [0.15, 0.2) is 0 Å². The first-order chi connectivity index (χ1) is 16.4. The van der Waals surface area contributed by atoms with Gasteiger partial charge in [0, 0.05) is 29.2 Å². The van der Waals surface area contributed by atoms with Crippen LogP contribution in [-0.4, -0.2) is 44.2 Å². The molecule has 178 valence electrons. The Morgan fingerprint density at radius 2 is 1.91 bits per heavy atom. The highest BCUT2D eigenvalue weighted by Crippen LogP contribution is 2.28. The molecule has 0 radical (unpaired) electrons. The molecule has 0 unspecified atom stereocenters. The number of carbonyl (C=O) groups excluding carboxylic acids is 2. The Bertz CT molecular complexity index is 1290. The van der Waals surface area contributed by atoms with Crippen LogP contribution in [0.1, 0.15) is 27.7 Å². The predicted molar refractivity (Wildman–Crippen MR) is 131 cm³/mol. The van der Waals surface area contributed by atoms with Crippen LogP contribution < -0.4 is 15.4 Å². The van der Waals surface area contributed by atoms with Crippen LogP contribution in [0.5, 0.6) is 5.75 Å². The lowest BCUT2D eigenvalue weighted by Crippen LogP contribution is -2.35. The molecule has 1 aliphatic heterocycles. The number of fused-ring (bicyclic) bond motifs is 1. The fraction of sp³-hybridized carbons (Fsp3) is 0.250. The quantitative estimate of drug-likeness (QED) is 0.495. The van der Waals surface area contributed by atoms with Crippen molar-refractivity contribution in [2.75, 3.05) is 25.0 Å². The van der Waals surface area contributed by atoms with Crippen LogP contribution in [0.2, 0.25) is 0 Å². The third kappa shape index (κ3) is 5.46. The van der Waals surface area contributed by atoms with Crippen molar-refractivity contribution in [2.24, 2.45) is 0 Å². The number of anilines is 1. The van der Waals surface area contributed by atoms with Gasteiger partial charge in [0.05, 0.1) is 18.0 Å². The third-order valence-corrected chi connectivity index (χ3v) is 8.23. The predicted octanol–water partition coefficient (Wildman–Crippen LogP) is 3.26. The zero-order valence-electron chi connectivity index (χ0n) is 18.6. The average molecular weight is 500 g/mol. The summed E-state index contributed by atoms with van der Waals surface area (Å²) in [6, 6.07) is 14.7. The molecule has 0 atom stereocenters. The fourth-order valence-electron chi connectivity index (χ4n) is 3.64. The number of amides is 2. The van der Waals surface area contributed by atoms with Crippen molar-refractivity contribution in [1.82, 2.24) is 9.62 Å². The Kier molecular flexibility index (Phi) is 7.30. The van der Waals surface area contributed by atoms with Crippen molar-refractivity contribution in [1.29, 1.82) is 0 Å². The molecule has 8 nitrogen and oxygen atoms in total. The summed E-state index contributed by atoms with van der Waals surface area (Å²) >= 11 is 1.64. The molecule has 2 N–H and O–H groups in total. The van der Waals surface area contributed by atoms with Crippen LogP contribution in [0.3, 0.4) is 0 Å². The van der Waals surface area contributed by atoms with E-state index in [1.165, 1.54) is 33.4 Å². The number of hydrogen-bond acceptors (Lipinski definition) is 6. The standard InChI is InChI=1S/C24H25N3O5S2/c1-2-32-20-8-6-19(7-9-20)26-23(28)15-25-24(29)17-4-3-5-21(14-17)34(30,31)27-12-10-22-18(16-27)11-13-33-22/h3-9,11,13-14H,2,10,12,15-16H2,1H3,(H,25,29)(H,26,28). The summed E-state index contributed by atoms with van der Waals surface area (Å²) in [7, 11) is -3.75. The Balaban J connectivity index is 1.36. The highest BCUT2D eigenvalue weighted by molar-refractivity contribution is 7.89. The number of ether oxygens (including phenoxy) is 1. The summed E-state index contributed by atoms with van der Waals surface area (Å²) in [6.45, 7) is 2.90. The van der Waals surface area contributed by atoms with Crippen molar-refractivity contribution in [3.05, 3.63) is 76.0 Å². The molecule has 0 bridgehead atoms. The number of nitrogens with one attached hydrogen (secondary N) is 2. The Hall–Kier alpha value is -3.21. The minimum atomic E-state index is -3.75. The van der Waals surface area contributed by atoms with E-state index in [1.54, 1.807) is 35.6 Å². The molecule has 4 rings (SSSR count). The number of benzene rings is 2. The molecule has 10 heteroatoms. The second-order valence-electron chi connectivity index (χ2n) is 7.67. The van der Waals surface area contributed by atoms with E-state index in [0.29, 0.717) is 37.6 Å². The van der Waals surface area contributed by atoms with Crippen LogP contribution >= 0.6 is 11.3 Å². The number of rotatable bonds is 8. The summed E-state index contributed by atoms with van der Waals surface area (Å²) < 4.78 is 33.1. The molecule has 1 aliphatic rings. The van der Waals surface area contributed by atoms with Crippen molar-refractivity contribution in [3.63, 3.8) is 0 Å². The van der Waals surface area contributed by atoms with E-state index in [9.17, 15) is 18.0 Å². The molecule has 34 heavy (non-hydrogen) atoms. The molecular formula is C24H25N3O5S2. The van der Waals surface area contributed by atoms with Crippen molar-refractivity contribution in [2.45, 2.75) is 24.8 Å². The molecule has 0 saturated heterocycles. The largest absolute Gasteiger partial charge is 0.494 e. The average Bonchev–Trinajstić information content (AvgIpc) is 3.32. The van der Waals surface area contributed by atoms with Crippen LogP contribution in [0.4, 0.5) is 5.69 Å². The molecule has 0 saturated carbocycles. The van der Waals surface area contributed by atoms with Gasteiger partial charge >= 0.3 is 0 Å². The van der Waals surface area contributed by atoms with Crippen LogP contribution in [-0.2, 0) is 27.8 Å². The molecule has 2 aromatic carbocycles. The summed E-state index contributed by atoms with van der Waals surface area (Å²) in [6.07, 6.45) is 0.676. The van der Waals surface area contributed by atoms with Gasteiger partial charge in [-0.15, -0.1) is 11.3 Å². The highest BCUT2D eigenvalue weighted by atomic mass is 32.2. The lowest BCUT2D eigenvalue weighted by molar-refractivity contribution is -0.115. The minimum Gasteiger partial charge on any atom is -0.494 e. The second-order valence-corrected chi connectivity index (χ2v) is 10.6. The summed E-state index contributed by atoms with van der Waals surface area (Å²) in [5, 5.41) is 7.20. The van der Waals surface area contributed by atoms with E-state index in [-0.39, 0.29) is 17.0 Å². The maximum absolute atomic E-state index is 13.2. The third-order valence-electron chi connectivity index (χ3n) is 5.37. The summed E-state index contributed by atoms with van der Waals surface area (Å²) in [4.78, 5) is 26.1. The molecule has 0 aliphatic carbocycles. The molecule has 2 heterocycles. The van der Waals surface area contributed by atoms with Crippen LogP contribution in [0, 0.1) is 0 Å². The van der Waals surface area contributed by atoms with Gasteiger partial charge in [0.25, 0.3) is 5.91 Å². The van der Waals surface area contributed by atoms with Crippen LogP contribution in [0.25, 0.3) is 0 Å². The van der Waals surface area contributed by atoms with Gasteiger partial charge in [-0.05, 0) is 72.8 Å². The molecule has 1 aromatic heterocycles. The number of hydrogen-bond donors (Lipinski definition) is 2. The topological polar surface area (TPSA) is 105 Å². The first-order valence-electron chi connectivity index (χ1n) is 10.8. The highest BCUT2D eigenvalue weighted by Gasteiger charge is 2.29. The van der Waals surface area contributed by atoms with E-state index >= 15 is 0 Å². The van der Waals surface area contributed by atoms with E-state index in [0.717, 1.165) is 5.56 Å². The Morgan fingerprint density at radius 1 is 1.12 bits per heavy atom. The summed E-state index contributed by atoms with van der Waals surface area (Å²) in [5.74, 6) is -0.234. The molecule has 3 aromatic rings. The van der Waals surface area contributed by atoms with Crippen LogP contribution in [0.15, 0.2) is 64.9 Å². The maximum Gasteiger partial charge on any atom is 0.251 e. The number of thiophene rings is 1. The number of nitrogens with zero attached hydrogens (tertiary/aromatic N) is 1. The lowest BCUT2D eigenvalue weighted by atomic mass is 10.1. The van der Waals surface area contributed by atoms with E-state index < -0.39 is 21.8 Å². The zero-order valence-corrected chi connectivity index (χ0v) is 20.2. The Labute approximate surface area is 202 Å². The van der Waals surface area contributed by atoms with E-state index in [1.807, 2.05) is 18.4 Å². The first kappa shape index (κ1) is 23.9. The van der Waals surface area contributed by atoms with E-state index in [4.69, 9.17) is 4.74 Å². The van der Waals surface area contributed by atoms with Crippen molar-refractivity contribution >= 4 is 38.9 Å². The second kappa shape index (κ2) is 10.4. The van der Waals surface area contributed by atoms with E-state index in [2.05, 4.69) is 10.6 Å². The minimum absolute atomic E-state index is 0.0534. The molecular weight excluding hydrogens is 474 g/mol. The first-order valence-corrected chi connectivity index (χ1v) is 13.1. The molecule has 0 spiro atoms. The van der Waals surface area contributed by atoms with Gasteiger partial charge in [0.1, 0.15) is 5.75 Å². The van der Waals surface area contributed by atoms with Gasteiger partial charge in [-0.2, -0.15) is 4.31 Å². The number of sulfonamides is 1. The van der Waals surface area contributed by atoms with Gasteiger partial charge in [-0.3, -0.25) is 9.59 Å². The molecule has 2 amide bonds. The van der Waals surface area contributed by atoms with Crippen molar-refractivity contribution < 1.29 is 22.7 Å². The monoisotopic (exact) mass is 499 g/mol. The lowest BCUT2D eigenvalue weighted by Gasteiger charge is -2.26. The Morgan fingerprint density at radius 3 is 2.68 bits per heavy atom. The SMILES string of the molecule is CCOc1ccc(NC(=O)CNC(=O)c2cccc(S(=O)(=O)N3CCc4sccc4C3)c2)cc1. The number of carbonyl (C=O) groups is 2. The maximum atomic E-state index is 13.2. The zero-order chi connectivity index (χ0) is 24.1. The van der Waals surface area contributed by atoms with Crippen molar-refractivity contribution in [3.8, 4) is 5.75 Å². The van der Waals surface area contributed by atoms with Gasteiger partial charge in [-0.1, -0.05) is 6.07 Å². The molecule has 0 fully saturated rings. The summed E-state index contributed by atoms with van der Waals surface area (Å²) in [5.41, 5.74) is 1.77.